The number of piperazine rings is 1. The molecule has 0 N–H and O–H groups in total. The Balaban J connectivity index is 1.53. The monoisotopic (exact) mass is 459 g/mol. The van der Waals surface area contributed by atoms with Crippen molar-refractivity contribution in [3.63, 3.8) is 0 Å². The van der Waals surface area contributed by atoms with Crippen molar-refractivity contribution in [2.45, 2.75) is 44.8 Å². The zero-order chi connectivity index (χ0) is 24.1. The summed E-state index contributed by atoms with van der Waals surface area (Å²) in [5.74, 6) is 1.73. The normalized spacial score (nSPS) is 17.7. The van der Waals surface area contributed by atoms with Crippen molar-refractivity contribution in [2.24, 2.45) is 0 Å². The third-order valence-electron chi connectivity index (χ3n) is 6.28. The Morgan fingerprint density at radius 3 is 2.82 bits per heavy atom. The molecule has 1 aliphatic heterocycles. The lowest BCUT2D eigenvalue weighted by atomic mass is 10.1. The number of pyridine rings is 1. The van der Waals surface area contributed by atoms with Crippen LogP contribution in [0.4, 0.5) is 11.5 Å². The highest BCUT2D eigenvalue weighted by molar-refractivity contribution is 5.77. The molecule has 34 heavy (non-hydrogen) atoms. The quantitative estimate of drug-likeness (QED) is 0.554. The van der Waals surface area contributed by atoms with E-state index in [1.807, 2.05) is 30.0 Å². The molecule has 1 atom stereocenters. The first-order chi connectivity index (χ1) is 16.5. The molecule has 4 rings (SSSR count). The molecule has 2 aliphatic rings. The highest BCUT2D eigenvalue weighted by atomic mass is 16.5. The van der Waals surface area contributed by atoms with Crippen LogP contribution in [-0.4, -0.2) is 55.2 Å². The number of hydrogen-bond acceptors (Lipinski definition) is 6. The number of carbonyl (C=O) groups excluding carboxylic acids is 1. The Morgan fingerprint density at radius 2 is 2.15 bits per heavy atom. The first-order valence-electron chi connectivity index (χ1n) is 11.6. The molecule has 2 aromatic rings. The smallest absolute Gasteiger partial charge is 0.225 e. The Bertz CT molecular complexity index is 1130. The lowest BCUT2D eigenvalue weighted by molar-refractivity contribution is -0.134. The number of rotatable bonds is 8. The maximum absolute atomic E-state index is 12.5. The van der Waals surface area contributed by atoms with E-state index in [0.717, 1.165) is 24.1 Å². The summed E-state index contributed by atoms with van der Waals surface area (Å²) in [6.07, 6.45) is 2.49. The summed E-state index contributed by atoms with van der Waals surface area (Å²) in [5, 5.41) is 9.89. The van der Waals surface area contributed by atoms with E-state index in [1.54, 1.807) is 19.2 Å². The lowest BCUT2D eigenvalue weighted by Crippen LogP contribution is -2.54. The minimum absolute atomic E-state index is 0.0153. The Hall–Kier alpha value is -3.62. The van der Waals surface area contributed by atoms with Crippen LogP contribution in [-0.2, 0) is 16.1 Å². The second-order valence-electron chi connectivity index (χ2n) is 8.82. The molecule has 0 bridgehead atoms. The molecule has 8 heteroatoms. The fourth-order valence-corrected chi connectivity index (χ4v) is 4.32. The molecule has 2 heterocycles. The largest absolute Gasteiger partial charge is 0.487 e. The fraction of sp³-hybridized carbons (Fsp3) is 0.462. The molecule has 1 aromatic heterocycles. The summed E-state index contributed by atoms with van der Waals surface area (Å²) in [5.41, 5.74) is 2.84. The molecule has 1 aliphatic carbocycles. The van der Waals surface area contributed by atoms with Gasteiger partial charge in [0.2, 0.25) is 5.91 Å². The molecule has 1 saturated carbocycles. The first kappa shape index (κ1) is 23.5. The van der Waals surface area contributed by atoms with Gasteiger partial charge in [-0.15, -0.1) is 0 Å². The third kappa shape index (κ3) is 5.30. The van der Waals surface area contributed by atoms with E-state index in [0.29, 0.717) is 68.0 Å². The lowest BCUT2D eigenvalue weighted by Gasteiger charge is -2.40. The van der Waals surface area contributed by atoms with Crippen LogP contribution in [0.2, 0.25) is 0 Å². The summed E-state index contributed by atoms with van der Waals surface area (Å²) in [6.45, 7) is 11.8. The van der Waals surface area contributed by atoms with Crippen molar-refractivity contribution in [1.29, 1.82) is 5.26 Å². The molecule has 1 amide bonds. The summed E-state index contributed by atoms with van der Waals surface area (Å²) in [6, 6.07) is 11.5. The molecule has 0 unspecified atom stereocenters. The highest BCUT2D eigenvalue weighted by Gasteiger charge is 2.33. The number of hydrogen-bond donors (Lipinski definition) is 0. The van der Waals surface area contributed by atoms with E-state index in [4.69, 9.17) is 21.0 Å². The minimum atomic E-state index is 0.0153. The average Bonchev–Trinajstić information content (AvgIpc) is 3.71. The van der Waals surface area contributed by atoms with Crippen molar-refractivity contribution in [1.82, 2.24) is 9.88 Å². The van der Waals surface area contributed by atoms with Gasteiger partial charge in [-0.2, -0.15) is 5.26 Å². The van der Waals surface area contributed by atoms with Crippen LogP contribution >= 0.6 is 0 Å². The van der Waals surface area contributed by atoms with Gasteiger partial charge in [0.1, 0.15) is 24.2 Å². The SMILES string of the molecule is [C-]#[N+]c1cccc(COc2cc(C#N)c(N3CCN(C(=O)CCOC)[C@H](C)C3)nc2C2CC2)c1. The zero-order valence-corrected chi connectivity index (χ0v) is 19.7. The van der Waals surface area contributed by atoms with Gasteiger partial charge in [-0.25, -0.2) is 9.83 Å². The standard InChI is InChI=1S/C26H29N5O3/c1-18-16-30(10-11-31(18)24(32)9-12-33-3)26-21(15-27)14-23(25(29-26)20-7-8-20)34-17-19-5-4-6-22(13-19)28-2/h4-6,13-14,18,20H,7-12,16-17H2,1,3H3/t18-/m1/s1. The van der Waals surface area contributed by atoms with Crippen LogP contribution < -0.4 is 9.64 Å². The van der Waals surface area contributed by atoms with E-state index >= 15 is 0 Å². The fourth-order valence-electron chi connectivity index (χ4n) is 4.32. The maximum atomic E-state index is 12.5. The van der Waals surface area contributed by atoms with Crippen molar-refractivity contribution in [3.05, 3.63) is 58.6 Å². The van der Waals surface area contributed by atoms with Crippen LogP contribution in [0.25, 0.3) is 4.85 Å². The van der Waals surface area contributed by atoms with Crippen LogP contribution in [0.5, 0.6) is 5.75 Å². The molecular formula is C26H29N5O3. The van der Waals surface area contributed by atoms with E-state index in [-0.39, 0.29) is 11.9 Å². The topological polar surface area (TPSA) is 83.0 Å². The first-order valence-corrected chi connectivity index (χ1v) is 11.6. The number of amides is 1. The Morgan fingerprint density at radius 1 is 1.32 bits per heavy atom. The number of anilines is 1. The minimum Gasteiger partial charge on any atom is -0.487 e. The number of aromatic nitrogens is 1. The number of nitrogens with zero attached hydrogens (tertiary/aromatic N) is 5. The number of benzene rings is 1. The van der Waals surface area contributed by atoms with Gasteiger partial charge < -0.3 is 19.3 Å². The summed E-state index contributed by atoms with van der Waals surface area (Å²) >= 11 is 0. The van der Waals surface area contributed by atoms with E-state index < -0.39 is 0 Å². The second-order valence-corrected chi connectivity index (χ2v) is 8.82. The molecule has 176 valence electrons. The van der Waals surface area contributed by atoms with Gasteiger partial charge in [0.15, 0.2) is 5.69 Å². The number of nitriles is 1. The van der Waals surface area contributed by atoms with Gasteiger partial charge in [0.25, 0.3) is 0 Å². The van der Waals surface area contributed by atoms with Crippen molar-refractivity contribution in [2.75, 3.05) is 38.3 Å². The molecule has 8 nitrogen and oxygen atoms in total. The van der Waals surface area contributed by atoms with Gasteiger partial charge in [0, 0.05) is 44.8 Å². The zero-order valence-electron chi connectivity index (χ0n) is 19.7. The summed E-state index contributed by atoms with van der Waals surface area (Å²) < 4.78 is 11.2. The second kappa shape index (κ2) is 10.5. The highest BCUT2D eigenvalue weighted by Crippen LogP contribution is 2.45. The van der Waals surface area contributed by atoms with Crippen molar-refractivity contribution < 1.29 is 14.3 Å². The maximum Gasteiger partial charge on any atom is 0.225 e. The number of carbonyl (C=O) groups is 1. The molecular weight excluding hydrogens is 430 g/mol. The van der Waals surface area contributed by atoms with Gasteiger partial charge in [-0.05, 0) is 31.4 Å². The number of methoxy groups -OCH3 is 1. The van der Waals surface area contributed by atoms with Gasteiger partial charge in [-0.3, -0.25) is 4.79 Å². The predicted molar refractivity (Wildman–Crippen MR) is 128 cm³/mol. The molecule has 0 radical (unpaired) electrons. The average molecular weight is 460 g/mol. The van der Waals surface area contributed by atoms with E-state index in [2.05, 4.69) is 15.8 Å². The molecule has 1 saturated heterocycles. The summed E-state index contributed by atoms with van der Waals surface area (Å²) in [4.78, 5) is 24.9. The van der Waals surface area contributed by atoms with Crippen molar-refractivity contribution in [3.8, 4) is 11.8 Å². The van der Waals surface area contributed by atoms with E-state index in [1.165, 1.54) is 0 Å². The van der Waals surface area contributed by atoms with Crippen molar-refractivity contribution >= 4 is 17.4 Å². The van der Waals surface area contributed by atoms with Gasteiger partial charge in [-0.1, -0.05) is 18.2 Å². The molecule has 1 aromatic carbocycles. The predicted octanol–water partition coefficient (Wildman–Crippen LogP) is 4.03. The van der Waals surface area contributed by atoms with Gasteiger partial charge >= 0.3 is 0 Å². The van der Waals surface area contributed by atoms with Gasteiger partial charge in [0.05, 0.1) is 30.9 Å². The van der Waals surface area contributed by atoms with Crippen LogP contribution in [0.1, 0.15) is 48.9 Å². The molecule has 0 spiro atoms. The summed E-state index contributed by atoms with van der Waals surface area (Å²) in [7, 11) is 1.60. The molecule has 2 fully saturated rings. The van der Waals surface area contributed by atoms with Crippen LogP contribution in [0.3, 0.4) is 0 Å². The van der Waals surface area contributed by atoms with Crippen LogP contribution in [0.15, 0.2) is 30.3 Å². The number of ether oxygens (including phenoxy) is 2. The van der Waals surface area contributed by atoms with Crippen LogP contribution in [0, 0.1) is 17.9 Å². The Labute approximate surface area is 200 Å². The third-order valence-corrected chi connectivity index (χ3v) is 6.28. The Kier molecular flexibility index (Phi) is 7.30. The van der Waals surface area contributed by atoms with E-state index in [9.17, 15) is 10.1 Å².